The van der Waals surface area contributed by atoms with E-state index in [1.54, 1.807) is 13.3 Å². The van der Waals surface area contributed by atoms with Crippen LogP contribution in [0.4, 0.5) is 0 Å². The molecular formula is C16H14N6O. The van der Waals surface area contributed by atoms with E-state index in [1.165, 1.54) is 5.56 Å². The number of H-pyrrole nitrogens is 1. The zero-order valence-electron chi connectivity index (χ0n) is 12.5. The van der Waals surface area contributed by atoms with Gasteiger partial charge in [0.25, 0.3) is 0 Å². The van der Waals surface area contributed by atoms with Gasteiger partial charge in [-0.3, -0.25) is 0 Å². The van der Waals surface area contributed by atoms with Gasteiger partial charge in [0.15, 0.2) is 0 Å². The molecule has 1 N–H and O–H groups in total. The Hall–Kier alpha value is -3.22. The number of aromatic amines is 1. The van der Waals surface area contributed by atoms with Gasteiger partial charge >= 0.3 is 6.01 Å². The first kappa shape index (κ1) is 13.4. The number of ether oxygens (including phenoxy) is 1. The molecule has 0 fully saturated rings. The van der Waals surface area contributed by atoms with Gasteiger partial charge in [0.1, 0.15) is 11.3 Å². The van der Waals surface area contributed by atoms with E-state index in [1.807, 2.05) is 35.3 Å². The minimum Gasteiger partial charge on any atom is -0.467 e. The fourth-order valence-corrected chi connectivity index (χ4v) is 2.47. The maximum atomic E-state index is 5.03. The molecule has 0 atom stereocenters. The second-order valence-corrected chi connectivity index (χ2v) is 5.11. The second kappa shape index (κ2) is 5.53. The molecule has 0 saturated heterocycles. The van der Waals surface area contributed by atoms with Crippen LogP contribution in [0.3, 0.4) is 0 Å². The predicted molar refractivity (Wildman–Crippen MR) is 85.0 cm³/mol. The number of hydrogen-bond donors (Lipinski definition) is 1. The van der Waals surface area contributed by atoms with Gasteiger partial charge in [-0.2, -0.15) is 4.98 Å². The lowest BCUT2D eigenvalue weighted by Crippen LogP contribution is -1.99. The van der Waals surface area contributed by atoms with Crippen molar-refractivity contribution in [1.29, 1.82) is 0 Å². The summed E-state index contributed by atoms with van der Waals surface area (Å²) < 4.78 is 6.85. The zero-order chi connectivity index (χ0) is 15.6. The van der Waals surface area contributed by atoms with Crippen molar-refractivity contribution in [1.82, 2.24) is 29.9 Å². The number of benzene rings is 1. The summed E-state index contributed by atoms with van der Waals surface area (Å²) >= 11 is 0. The minimum atomic E-state index is 0.332. The lowest BCUT2D eigenvalue weighted by atomic mass is 10.2. The van der Waals surface area contributed by atoms with Crippen LogP contribution in [0.5, 0.6) is 6.01 Å². The Balaban J connectivity index is 1.66. The van der Waals surface area contributed by atoms with Crippen molar-refractivity contribution in [3.63, 3.8) is 0 Å². The molecule has 23 heavy (non-hydrogen) atoms. The Bertz CT molecular complexity index is 944. The van der Waals surface area contributed by atoms with Crippen LogP contribution in [0.15, 0.2) is 48.9 Å². The van der Waals surface area contributed by atoms with Gasteiger partial charge in [0, 0.05) is 23.3 Å². The van der Waals surface area contributed by atoms with Crippen molar-refractivity contribution in [2.45, 2.75) is 6.54 Å². The van der Waals surface area contributed by atoms with E-state index in [4.69, 9.17) is 4.74 Å². The van der Waals surface area contributed by atoms with E-state index in [2.05, 4.69) is 37.4 Å². The molecule has 0 saturated carbocycles. The molecule has 114 valence electrons. The topological polar surface area (TPSA) is 81.5 Å². The van der Waals surface area contributed by atoms with Crippen molar-refractivity contribution >= 4 is 11.0 Å². The van der Waals surface area contributed by atoms with Crippen molar-refractivity contribution in [2.75, 3.05) is 7.11 Å². The molecule has 0 aliphatic rings. The van der Waals surface area contributed by atoms with Crippen LogP contribution in [-0.4, -0.2) is 37.1 Å². The molecule has 0 bridgehead atoms. The number of nitrogens with zero attached hydrogens (tertiary/aromatic N) is 5. The third-order valence-corrected chi connectivity index (χ3v) is 3.59. The number of fused-ring (bicyclic) bond motifs is 1. The maximum absolute atomic E-state index is 5.03. The summed E-state index contributed by atoms with van der Waals surface area (Å²) in [5, 5.41) is 9.34. The molecule has 3 aromatic heterocycles. The summed E-state index contributed by atoms with van der Waals surface area (Å²) in [4.78, 5) is 11.5. The Labute approximate surface area is 132 Å². The van der Waals surface area contributed by atoms with Crippen LogP contribution in [0, 0.1) is 0 Å². The van der Waals surface area contributed by atoms with Crippen LogP contribution >= 0.6 is 0 Å². The average molecular weight is 306 g/mol. The number of hydrogen-bond acceptors (Lipinski definition) is 5. The molecule has 0 unspecified atom stereocenters. The molecular weight excluding hydrogens is 292 g/mol. The minimum absolute atomic E-state index is 0.332. The molecule has 0 spiro atoms. The van der Waals surface area contributed by atoms with Gasteiger partial charge in [0.05, 0.1) is 19.9 Å². The van der Waals surface area contributed by atoms with Crippen LogP contribution in [0.2, 0.25) is 0 Å². The first-order valence-corrected chi connectivity index (χ1v) is 7.16. The maximum Gasteiger partial charge on any atom is 0.318 e. The summed E-state index contributed by atoms with van der Waals surface area (Å²) in [6.07, 6.45) is 5.50. The highest BCUT2D eigenvalue weighted by Gasteiger charge is 2.12. The molecule has 7 heteroatoms. The lowest BCUT2D eigenvalue weighted by Gasteiger charge is -1.99. The second-order valence-electron chi connectivity index (χ2n) is 5.11. The molecule has 3 heterocycles. The number of rotatable bonds is 4. The highest BCUT2D eigenvalue weighted by molar-refractivity contribution is 5.91. The monoisotopic (exact) mass is 306 g/mol. The van der Waals surface area contributed by atoms with Gasteiger partial charge in [-0.15, -0.1) is 5.10 Å². The highest BCUT2D eigenvalue weighted by atomic mass is 16.5. The van der Waals surface area contributed by atoms with E-state index in [9.17, 15) is 0 Å². The molecule has 1 aromatic carbocycles. The Morgan fingerprint density at radius 1 is 1.22 bits per heavy atom. The Morgan fingerprint density at radius 3 is 2.91 bits per heavy atom. The van der Waals surface area contributed by atoms with Gasteiger partial charge in [-0.05, 0) is 5.56 Å². The summed E-state index contributed by atoms with van der Waals surface area (Å²) in [5.74, 6) is 0. The average Bonchev–Trinajstić information content (AvgIpc) is 3.21. The number of methoxy groups -OCH3 is 1. The summed E-state index contributed by atoms with van der Waals surface area (Å²) in [5.41, 5.74) is 3.59. The summed E-state index contributed by atoms with van der Waals surface area (Å²) in [6.45, 7) is 0.681. The van der Waals surface area contributed by atoms with Gasteiger partial charge < -0.3 is 9.72 Å². The van der Waals surface area contributed by atoms with E-state index in [0.717, 1.165) is 16.6 Å². The van der Waals surface area contributed by atoms with Gasteiger partial charge in [-0.1, -0.05) is 35.5 Å². The fourth-order valence-electron chi connectivity index (χ4n) is 2.47. The molecule has 0 radical (unpaired) electrons. The first-order chi connectivity index (χ1) is 11.3. The van der Waals surface area contributed by atoms with Crippen molar-refractivity contribution in [2.24, 2.45) is 0 Å². The standard InChI is InChI=1S/C16H14N6O/c1-23-16-18-8-13-12(7-17-15(13)19-16)14-10-22(21-20-14)9-11-5-3-2-4-6-11/h2-8,10H,9H2,1H3,(H,17,18,19). The lowest BCUT2D eigenvalue weighted by molar-refractivity contribution is 0.381. The first-order valence-electron chi connectivity index (χ1n) is 7.16. The van der Waals surface area contributed by atoms with Crippen molar-refractivity contribution < 1.29 is 4.74 Å². The fraction of sp³-hybridized carbons (Fsp3) is 0.125. The molecule has 0 aliphatic heterocycles. The third-order valence-electron chi connectivity index (χ3n) is 3.59. The predicted octanol–water partition coefficient (Wildman–Crippen LogP) is 2.27. The van der Waals surface area contributed by atoms with Crippen LogP contribution in [-0.2, 0) is 6.54 Å². The van der Waals surface area contributed by atoms with Crippen LogP contribution in [0.1, 0.15) is 5.56 Å². The quantitative estimate of drug-likeness (QED) is 0.625. The molecule has 4 aromatic rings. The van der Waals surface area contributed by atoms with Gasteiger partial charge in [0.2, 0.25) is 0 Å². The Kier molecular flexibility index (Phi) is 3.23. The smallest absolute Gasteiger partial charge is 0.318 e. The summed E-state index contributed by atoms with van der Waals surface area (Å²) in [6, 6.07) is 10.5. The Morgan fingerprint density at radius 2 is 2.09 bits per heavy atom. The van der Waals surface area contributed by atoms with Crippen LogP contribution < -0.4 is 4.74 Å². The van der Waals surface area contributed by atoms with E-state index < -0.39 is 0 Å². The van der Waals surface area contributed by atoms with Crippen molar-refractivity contribution in [3.8, 4) is 17.3 Å². The molecule has 0 aliphatic carbocycles. The van der Waals surface area contributed by atoms with Gasteiger partial charge in [-0.25, -0.2) is 9.67 Å². The molecule has 4 rings (SSSR count). The van der Waals surface area contributed by atoms with Crippen molar-refractivity contribution in [3.05, 3.63) is 54.5 Å². The normalized spacial score (nSPS) is 11.0. The highest BCUT2D eigenvalue weighted by Crippen LogP contribution is 2.26. The molecule has 7 nitrogen and oxygen atoms in total. The van der Waals surface area contributed by atoms with E-state index in [-0.39, 0.29) is 0 Å². The summed E-state index contributed by atoms with van der Waals surface area (Å²) in [7, 11) is 1.54. The van der Waals surface area contributed by atoms with E-state index in [0.29, 0.717) is 18.2 Å². The third kappa shape index (κ3) is 2.52. The van der Waals surface area contributed by atoms with E-state index >= 15 is 0 Å². The zero-order valence-corrected chi connectivity index (χ0v) is 12.5. The number of aromatic nitrogens is 6. The largest absolute Gasteiger partial charge is 0.467 e. The van der Waals surface area contributed by atoms with Crippen LogP contribution in [0.25, 0.3) is 22.3 Å². The SMILES string of the molecule is COc1ncc2c(-c3cn(Cc4ccccc4)nn3)c[nH]c2n1. The number of nitrogens with one attached hydrogen (secondary N) is 1. The molecule has 0 amide bonds.